The molecule has 0 spiro atoms. The predicted molar refractivity (Wildman–Crippen MR) is 94.8 cm³/mol. The van der Waals surface area contributed by atoms with Crippen molar-refractivity contribution in [1.29, 1.82) is 0 Å². The van der Waals surface area contributed by atoms with Gasteiger partial charge in [0.2, 0.25) is 0 Å². The highest BCUT2D eigenvalue weighted by molar-refractivity contribution is 5.95. The number of pyridine rings is 1. The lowest BCUT2D eigenvalue weighted by molar-refractivity contribution is 0.0779. The third-order valence-electron chi connectivity index (χ3n) is 4.17. The summed E-state index contributed by atoms with van der Waals surface area (Å²) in [6, 6.07) is 7.98. The predicted octanol–water partition coefficient (Wildman–Crippen LogP) is 3.56. The van der Waals surface area contributed by atoms with E-state index in [4.69, 9.17) is 0 Å². The lowest BCUT2D eigenvalue weighted by atomic mass is 10.1. The van der Waals surface area contributed by atoms with Crippen LogP contribution in [0.4, 0.5) is 4.39 Å². The molecular formula is C19H21FN4O. The van der Waals surface area contributed by atoms with Gasteiger partial charge in [0.25, 0.3) is 5.91 Å². The van der Waals surface area contributed by atoms with Gasteiger partial charge in [-0.1, -0.05) is 6.92 Å². The minimum atomic E-state index is -0.340. The summed E-state index contributed by atoms with van der Waals surface area (Å²) in [4.78, 5) is 23.4. The van der Waals surface area contributed by atoms with Gasteiger partial charge in [-0.3, -0.25) is 4.79 Å². The molecule has 0 N–H and O–H groups in total. The highest BCUT2D eigenvalue weighted by Crippen LogP contribution is 2.18. The Hall–Kier alpha value is -2.76. The topological polar surface area (TPSA) is 51.0 Å². The molecule has 2 heterocycles. The number of aryl methyl sites for hydroxylation is 2. The molecule has 0 saturated heterocycles. The first-order valence-corrected chi connectivity index (χ1v) is 8.33. The number of halogens is 1. The second-order valence-corrected chi connectivity index (χ2v) is 6.15. The minimum Gasteiger partial charge on any atom is -0.334 e. The van der Waals surface area contributed by atoms with E-state index < -0.39 is 0 Å². The number of imidazole rings is 1. The normalized spacial score (nSPS) is 11.0. The summed E-state index contributed by atoms with van der Waals surface area (Å²) in [5.74, 6) is 0.305. The van der Waals surface area contributed by atoms with Gasteiger partial charge >= 0.3 is 0 Å². The van der Waals surface area contributed by atoms with E-state index in [1.165, 1.54) is 18.2 Å². The number of amides is 1. The first-order chi connectivity index (χ1) is 12.0. The third kappa shape index (κ3) is 3.38. The van der Waals surface area contributed by atoms with E-state index in [9.17, 15) is 9.18 Å². The molecule has 3 aromatic rings. The first-order valence-electron chi connectivity index (χ1n) is 8.33. The van der Waals surface area contributed by atoms with E-state index in [0.29, 0.717) is 17.7 Å². The van der Waals surface area contributed by atoms with Crippen LogP contribution in [-0.4, -0.2) is 32.4 Å². The molecule has 0 unspecified atom stereocenters. The van der Waals surface area contributed by atoms with Gasteiger partial charge in [0.1, 0.15) is 17.2 Å². The van der Waals surface area contributed by atoms with Gasteiger partial charge in [0.15, 0.2) is 5.65 Å². The molecule has 0 fully saturated rings. The Morgan fingerprint density at radius 3 is 2.84 bits per heavy atom. The Morgan fingerprint density at radius 1 is 1.32 bits per heavy atom. The SMILES string of the molecule is CCCn1c(CN(C)C(=O)c2ccc(F)cc2C)nc2cccnc21. The van der Waals surface area contributed by atoms with Crippen molar-refractivity contribution in [3.63, 3.8) is 0 Å². The van der Waals surface area contributed by atoms with Crippen molar-refractivity contribution in [1.82, 2.24) is 19.4 Å². The molecule has 0 atom stereocenters. The van der Waals surface area contributed by atoms with Crippen LogP contribution in [0.2, 0.25) is 0 Å². The van der Waals surface area contributed by atoms with E-state index in [1.807, 2.05) is 12.1 Å². The number of rotatable bonds is 5. The minimum absolute atomic E-state index is 0.152. The van der Waals surface area contributed by atoms with Crippen molar-refractivity contribution in [3.05, 3.63) is 59.3 Å². The second-order valence-electron chi connectivity index (χ2n) is 6.15. The zero-order valence-corrected chi connectivity index (χ0v) is 14.7. The van der Waals surface area contributed by atoms with Crippen LogP contribution < -0.4 is 0 Å². The lowest BCUT2D eigenvalue weighted by Gasteiger charge is -2.19. The average Bonchev–Trinajstić information content (AvgIpc) is 2.92. The van der Waals surface area contributed by atoms with Crippen LogP contribution in [0.1, 0.15) is 35.1 Å². The van der Waals surface area contributed by atoms with Crippen LogP contribution in [0.25, 0.3) is 11.2 Å². The van der Waals surface area contributed by atoms with Gasteiger partial charge in [-0.25, -0.2) is 14.4 Å². The summed E-state index contributed by atoms with van der Waals surface area (Å²) >= 11 is 0. The molecule has 0 aliphatic carbocycles. The standard InChI is InChI=1S/C19H21FN4O/c1-4-10-24-17(22-16-6-5-9-21-18(16)24)12-23(3)19(25)15-8-7-14(20)11-13(15)2/h5-9,11H,4,10,12H2,1-3H3. The Morgan fingerprint density at radius 2 is 2.12 bits per heavy atom. The summed E-state index contributed by atoms with van der Waals surface area (Å²) in [6.07, 6.45) is 2.69. The molecule has 1 amide bonds. The highest BCUT2D eigenvalue weighted by Gasteiger charge is 2.18. The van der Waals surface area contributed by atoms with Crippen molar-refractivity contribution in [2.24, 2.45) is 0 Å². The van der Waals surface area contributed by atoms with Crippen LogP contribution in [0, 0.1) is 12.7 Å². The Balaban J connectivity index is 1.89. The first kappa shape index (κ1) is 17.1. The van der Waals surface area contributed by atoms with Crippen molar-refractivity contribution in [2.45, 2.75) is 33.4 Å². The number of nitrogens with zero attached hydrogens (tertiary/aromatic N) is 4. The van der Waals surface area contributed by atoms with E-state index in [2.05, 4.69) is 21.5 Å². The fourth-order valence-corrected chi connectivity index (χ4v) is 2.94. The molecule has 5 nitrogen and oxygen atoms in total. The fourth-order valence-electron chi connectivity index (χ4n) is 2.94. The smallest absolute Gasteiger partial charge is 0.254 e. The zero-order chi connectivity index (χ0) is 18.0. The number of hydrogen-bond acceptors (Lipinski definition) is 3. The summed E-state index contributed by atoms with van der Waals surface area (Å²) in [5, 5.41) is 0. The van der Waals surface area contributed by atoms with Crippen molar-refractivity contribution in [2.75, 3.05) is 7.05 Å². The van der Waals surface area contributed by atoms with Crippen LogP contribution >= 0.6 is 0 Å². The van der Waals surface area contributed by atoms with Crippen LogP contribution in [0.5, 0.6) is 0 Å². The molecule has 0 saturated carbocycles. The summed E-state index contributed by atoms with van der Waals surface area (Å²) in [6.45, 7) is 4.99. The monoisotopic (exact) mass is 340 g/mol. The van der Waals surface area contributed by atoms with Gasteiger partial charge < -0.3 is 9.47 Å². The van der Waals surface area contributed by atoms with Crippen molar-refractivity contribution >= 4 is 17.1 Å². The molecule has 2 aromatic heterocycles. The van der Waals surface area contributed by atoms with Crippen molar-refractivity contribution < 1.29 is 9.18 Å². The molecular weight excluding hydrogens is 319 g/mol. The van der Waals surface area contributed by atoms with Crippen LogP contribution in [0.15, 0.2) is 36.5 Å². The molecule has 0 aliphatic rings. The van der Waals surface area contributed by atoms with Gasteiger partial charge in [-0.15, -0.1) is 0 Å². The number of aromatic nitrogens is 3. The summed E-state index contributed by atoms with van der Waals surface area (Å²) in [7, 11) is 1.73. The van der Waals surface area contributed by atoms with Gasteiger partial charge in [0.05, 0.1) is 6.54 Å². The average molecular weight is 340 g/mol. The van der Waals surface area contributed by atoms with Gasteiger partial charge in [-0.05, 0) is 49.2 Å². The molecule has 0 aliphatic heterocycles. The molecule has 1 aromatic carbocycles. The quantitative estimate of drug-likeness (QED) is 0.713. The number of carbonyl (C=O) groups is 1. The Labute approximate surface area is 146 Å². The number of carbonyl (C=O) groups excluding carboxylic acids is 1. The van der Waals surface area contributed by atoms with Gasteiger partial charge in [0, 0.05) is 25.4 Å². The number of fused-ring (bicyclic) bond motifs is 1. The molecule has 25 heavy (non-hydrogen) atoms. The van der Waals surface area contributed by atoms with E-state index >= 15 is 0 Å². The van der Waals surface area contributed by atoms with Gasteiger partial charge in [-0.2, -0.15) is 0 Å². The maximum absolute atomic E-state index is 13.3. The third-order valence-corrected chi connectivity index (χ3v) is 4.17. The van der Waals surface area contributed by atoms with Crippen LogP contribution in [-0.2, 0) is 13.1 Å². The number of hydrogen-bond donors (Lipinski definition) is 0. The largest absolute Gasteiger partial charge is 0.334 e. The lowest BCUT2D eigenvalue weighted by Crippen LogP contribution is -2.28. The Bertz CT molecular complexity index is 919. The van der Waals surface area contributed by atoms with Crippen LogP contribution in [0.3, 0.4) is 0 Å². The Kier molecular flexibility index (Phi) is 4.79. The van der Waals surface area contributed by atoms with E-state index in [1.54, 1.807) is 25.1 Å². The van der Waals surface area contributed by atoms with E-state index in [0.717, 1.165) is 30.0 Å². The summed E-state index contributed by atoms with van der Waals surface area (Å²) in [5.41, 5.74) is 2.78. The molecule has 0 radical (unpaired) electrons. The molecule has 130 valence electrons. The molecule has 3 rings (SSSR count). The van der Waals surface area contributed by atoms with Crippen molar-refractivity contribution in [3.8, 4) is 0 Å². The fraction of sp³-hybridized carbons (Fsp3) is 0.316. The zero-order valence-electron chi connectivity index (χ0n) is 14.7. The summed E-state index contributed by atoms with van der Waals surface area (Å²) < 4.78 is 15.3. The molecule has 0 bridgehead atoms. The maximum atomic E-state index is 13.3. The number of benzene rings is 1. The maximum Gasteiger partial charge on any atom is 0.254 e. The van der Waals surface area contributed by atoms with E-state index in [-0.39, 0.29) is 11.7 Å². The second kappa shape index (κ2) is 7.01. The highest BCUT2D eigenvalue weighted by atomic mass is 19.1. The molecule has 6 heteroatoms.